The summed E-state index contributed by atoms with van der Waals surface area (Å²) in [5.74, 6) is -2.89. The summed E-state index contributed by atoms with van der Waals surface area (Å²) in [6, 6.07) is 12.7. The summed E-state index contributed by atoms with van der Waals surface area (Å²) in [4.78, 5) is 63.7. The van der Waals surface area contributed by atoms with Gasteiger partial charge in [0.1, 0.15) is 53.8 Å². The van der Waals surface area contributed by atoms with E-state index in [0.717, 1.165) is 6.42 Å². The number of aryl methyl sites for hydroxylation is 1. The number of phenols is 1. The van der Waals surface area contributed by atoms with Gasteiger partial charge in [0.25, 0.3) is 11.8 Å². The van der Waals surface area contributed by atoms with Crippen molar-refractivity contribution in [2.24, 2.45) is 0 Å². The maximum Gasteiger partial charge on any atom is 0.336 e. The minimum atomic E-state index is -2.40. The third kappa shape index (κ3) is 14.5. The molecule has 2 aliphatic carbocycles. The number of alkyl halides is 1. The molecule has 1 aromatic heterocycles. The Morgan fingerprint density at radius 1 is 0.773 bits per heavy atom. The topological polar surface area (TPSA) is 333 Å². The van der Waals surface area contributed by atoms with Crippen molar-refractivity contribution in [2.45, 2.75) is 94.3 Å². The molecule has 3 unspecified atom stereocenters. The number of rotatable bonds is 26. The summed E-state index contributed by atoms with van der Waals surface area (Å²) in [6.45, 7) is 2.18. The van der Waals surface area contributed by atoms with E-state index in [1.807, 2.05) is 0 Å². The number of phenolic OH excluding ortho intramolecular Hbond substituents is 1. The van der Waals surface area contributed by atoms with Crippen LogP contribution in [0.3, 0.4) is 0 Å². The number of hydrogen-bond donors (Lipinski definition) is 9. The molecule has 75 heavy (non-hydrogen) atoms. The van der Waals surface area contributed by atoms with Crippen LogP contribution in [0.4, 0.5) is 4.39 Å². The maximum absolute atomic E-state index is 16.8. The molecule has 23 nitrogen and oxygen atoms in total. The molecule has 3 amide bonds. The van der Waals surface area contributed by atoms with Crippen LogP contribution in [0.1, 0.15) is 77.0 Å². The summed E-state index contributed by atoms with van der Waals surface area (Å²) in [7, 11) is 0. The van der Waals surface area contributed by atoms with Crippen molar-refractivity contribution in [2.75, 3.05) is 72.5 Å². The lowest BCUT2D eigenvalue weighted by Crippen LogP contribution is -2.58. The van der Waals surface area contributed by atoms with Crippen molar-refractivity contribution in [3.63, 3.8) is 0 Å². The second-order valence-electron chi connectivity index (χ2n) is 18.2. The van der Waals surface area contributed by atoms with Gasteiger partial charge in [0.2, 0.25) is 11.6 Å². The van der Waals surface area contributed by atoms with E-state index in [1.54, 1.807) is 10.7 Å². The molecular weight excluding hydrogens is 988 g/mol. The number of benzene rings is 3. The first-order chi connectivity index (χ1) is 36.2. The van der Waals surface area contributed by atoms with Crippen molar-refractivity contribution >= 4 is 34.7 Å². The molecule has 24 heteroatoms. The van der Waals surface area contributed by atoms with Crippen LogP contribution in [0.5, 0.6) is 5.75 Å². The monoisotopic (exact) mass is 1050 g/mol. The van der Waals surface area contributed by atoms with Crippen LogP contribution < -0.4 is 21.4 Å². The number of aromatic carboxylic acids is 1. The van der Waals surface area contributed by atoms with E-state index in [4.69, 9.17) is 28.1 Å². The highest BCUT2D eigenvalue weighted by atomic mass is 19.1. The largest absolute Gasteiger partial charge is 0.508 e. The summed E-state index contributed by atoms with van der Waals surface area (Å²) in [5.41, 5.74) is -0.937. The molecule has 0 radical (unpaired) electrons. The van der Waals surface area contributed by atoms with Crippen LogP contribution in [0.15, 0.2) is 63.8 Å². The van der Waals surface area contributed by atoms with Crippen LogP contribution in [0, 0.1) is 0 Å². The van der Waals surface area contributed by atoms with Gasteiger partial charge < -0.3 is 74.7 Å². The molecule has 2 aliphatic heterocycles. The zero-order valence-corrected chi connectivity index (χ0v) is 41.1. The quantitative estimate of drug-likeness (QED) is 0.0280. The molecule has 1 fully saturated rings. The second-order valence-corrected chi connectivity index (χ2v) is 18.2. The van der Waals surface area contributed by atoms with E-state index in [1.165, 1.54) is 48.5 Å². The van der Waals surface area contributed by atoms with Crippen molar-refractivity contribution in [1.29, 1.82) is 0 Å². The first-order valence-electron chi connectivity index (χ1n) is 24.9. The van der Waals surface area contributed by atoms with Gasteiger partial charge in [-0.05, 0) is 93.0 Å². The van der Waals surface area contributed by atoms with Crippen molar-refractivity contribution in [1.82, 2.24) is 30.9 Å². The summed E-state index contributed by atoms with van der Waals surface area (Å²) in [5, 5.41) is 76.2. The molecule has 0 spiro atoms. The number of nitrogens with one attached hydrogen (secondary N) is 3. The highest BCUT2D eigenvalue weighted by Gasteiger charge is 2.46. The number of aliphatic hydroxyl groups is 4. The van der Waals surface area contributed by atoms with Gasteiger partial charge in [-0.2, -0.15) is 0 Å². The van der Waals surface area contributed by atoms with Crippen LogP contribution >= 0.6 is 0 Å². The fraction of sp³-hybridized carbons (Fsp3) is 0.510. The van der Waals surface area contributed by atoms with Gasteiger partial charge in [-0.3, -0.25) is 19.2 Å². The molecule has 9 N–H and O–H groups in total. The van der Waals surface area contributed by atoms with Gasteiger partial charge in [-0.15, -0.1) is 5.10 Å². The Kier molecular flexibility index (Phi) is 20.1. The molecule has 0 saturated carbocycles. The van der Waals surface area contributed by atoms with Gasteiger partial charge in [-0.25, -0.2) is 13.9 Å². The van der Waals surface area contributed by atoms with Crippen LogP contribution in [0.25, 0.3) is 33.4 Å². The van der Waals surface area contributed by atoms with Gasteiger partial charge in [0, 0.05) is 73.6 Å². The van der Waals surface area contributed by atoms with Gasteiger partial charge in [0.15, 0.2) is 11.7 Å². The molecule has 0 bridgehead atoms. The Morgan fingerprint density at radius 3 is 2.24 bits per heavy atom. The van der Waals surface area contributed by atoms with E-state index in [-0.39, 0.29) is 84.2 Å². The Bertz CT molecular complexity index is 2770. The number of carbonyl (C=O) groups excluding carboxylic acids is 3. The first kappa shape index (κ1) is 56.3. The number of aromatic hydroxyl groups is 1. The lowest BCUT2D eigenvalue weighted by molar-refractivity contribution is -0.288. The lowest BCUT2D eigenvalue weighted by Gasteiger charge is -2.38. The zero-order valence-electron chi connectivity index (χ0n) is 41.1. The first-order valence-corrected chi connectivity index (χ1v) is 24.9. The fourth-order valence-corrected chi connectivity index (χ4v) is 8.85. The number of aromatic nitrogens is 3. The van der Waals surface area contributed by atoms with E-state index in [2.05, 4.69) is 26.3 Å². The highest BCUT2D eigenvalue weighted by Crippen LogP contribution is 2.42. The average molecular weight is 1050 g/mol. The Balaban J connectivity index is 0.787. The average Bonchev–Trinajstić information content (AvgIpc) is 3.80. The van der Waals surface area contributed by atoms with Gasteiger partial charge in [-0.1, -0.05) is 11.6 Å². The Morgan fingerprint density at radius 2 is 1.49 bits per heavy atom. The predicted molar refractivity (Wildman–Crippen MR) is 263 cm³/mol. The smallest absolute Gasteiger partial charge is 0.336 e. The number of ether oxygens (including phenoxy) is 5. The molecular formula is C51H63FN6O17. The van der Waals surface area contributed by atoms with Crippen molar-refractivity contribution in [3.8, 4) is 28.2 Å². The van der Waals surface area contributed by atoms with Crippen LogP contribution in [-0.2, 0) is 51.9 Å². The maximum atomic E-state index is 16.8. The van der Waals surface area contributed by atoms with E-state index in [0.29, 0.717) is 107 Å². The zero-order chi connectivity index (χ0) is 53.5. The van der Waals surface area contributed by atoms with E-state index >= 15 is 4.39 Å². The standard InChI is InChI=1S/C51H63FN6O17/c52-51(50(69)55-17-6-20-71-22-24-72-23-21-70-19-5-16-53-41(61)29-73-28-40-43(62)44(63)45(64)49(68)75-40)14-3-1-2-7-37-46(51)56-57-58(37)18-4-15-54-47(65)30-8-11-33(48(66)67)36(25-30)42-34-12-9-31(59)26-38(34)74-39-27-32(60)10-13-35(39)42/h8-13,25-27,40,43-45,49,59,62-64,68H,1-7,14-24,28-29H2,(H,53,61)(H,54,65)(H,55,69)(H,66,67)/t40?,43-,44+,45?,49-,51?/m1/s1. The van der Waals surface area contributed by atoms with E-state index in [9.17, 15) is 54.6 Å². The summed E-state index contributed by atoms with van der Waals surface area (Å²) < 4.78 is 51.1. The molecule has 1 saturated heterocycles. The lowest BCUT2D eigenvalue weighted by atomic mass is 9.88. The number of amides is 3. The third-order valence-corrected chi connectivity index (χ3v) is 12.8. The molecule has 4 aliphatic rings. The molecule has 3 heterocycles. The molecule has 2 aromatic carbocycles. The number of carboxylic acid groups (broad SMARTS) is 1. The third-order valence-electron chi connectivity index (χ3n) is 12.8. The molecule has 406 valence electrons. The summed E-state index contributed by atoms with van der Waals surface area (Å²) >= 11 is 0. The number of carboxylic acids is 1. The van der Waals surface area contributed by atoms with Crippen molar-refractivity contribution in [3.05, 3.63) is 87.3 Å². The van der Waals surface area contributed by atoms with Gasteiger partial charge in [0.05, 0.1) is 44.3 Å². The Labute approximate surface area is 429 Å². The molecule has 7 rings (SSSR count). The summed E-state index contributed by atoms with van der Waals surface area (Å²) in [6.07, 6.45) is -3.92. The van der Waals surface area contributed by atoms with Crippen LogP contribution in [0.2, 0.25) is 0 Å². The number of fused-ring (bicyclic) bond motifs is 3. The van der Waals surface area contributed by atoms with Crippen molar-refractivity contribution < 1.29 is 82.3 Å². The highest BCUT2D eigenvalue weighted by molar-refractivity contribution is 6.09. The van der Waals surface area contributed by atoms with Crippen LogP contribution in [-0.4, -0.2) is 173 Å². The normalized spacial score (nSPS) is 20.8. The molecule has 6 atom stereocenters. The Hall–Kier alpha value is -6.48. The number of halogens is 1. The number of hydrogen-bond acceptors (Lipinski definition) is 18. The number of carbonyl (C=O) groups is 4. The minimum Gasteiger partial charge on any atom is -0.508 e. The second kappa shape index (κ2) is 26.8. The fourth-order valence-electron chi connectivity index (χ4n) is 8.85. The SMILES string of the molecule is O=C(COCC1O[C@@H](O)C(O)[C@@H](O)[C@@H]1O)NCCCOCCOCCOCCCNC(=O)C1(F)CCCCCc2c1nnn2CCCNC(=O)c1ccc(C(=O)O)c(-c2c3ccc(=O)cc-3oc3cc(O)ccc23)c1. The minimum absolute atomic E-state index is 0.0191. The van der Waals surface area contributed by atoms with Gasteiger partial charge >= 0.3 is 5.97 Å². The predicted octanol–water partition coefficient (Wildman–Crippen LogP) is 1.54. The number of aliphatic hydroxyl groups excluding tert-OH is 4. The molecule has 3 aromatic rings. The van der Waals surface area contributed by atoms with E-state index < -0.39 is 60.1 Å². The number of nitrogens with zero attached hydrogens (tertiary/aromatic N) is 3.